The molecule has 2 aromatic rings. The van der Waals surface area contributed by atoms with Gasteiger partial charge < -0.3 is 15.0 Å². The SMILES string of the molecule is COc1ccc(Cl)cc1N1CC(C(=O)NCCS(=O)(=O)N2CCc3ccccc32)CC1=O. The van der Waals surface area contributed by atoms with Crippen LogP contribution >= 0.6 is 11.6 Å². The van der Waals surface area contributed by atoms with Crippen LogP contribution in [0.25, 0.3) is 0 Å². The number of hydrogen-bond acceptors (Lipinski definition) is 5. The third-order valence-corrected chi connectivity index (χ3v) is 7.77. The van der Waals surface area contributed by atoms with Crippen LogP contribution < -0.4 is 19.3 Å². The Kier molecular flexibility index (Phi) is 6.30. The first kappa shape index (κ1) is 22.4. The number of nitrogens with one attached hydrogen (secondary N) is 1. The molecule has 8 nitrogen and oxygen atoms in total. The highest BCUT2D eigenvalue weighted by Gasteiger charge is 2.36. The monoisotopic (exact) mass is 477 g/mol. The van der Waals surface area contributed by atoms with Crippen LogP contribution in [0.1, 0.15) is 12.0 Å². The molecule has 1 saturated heterocycles. The molecule has 170 valence electrons. The average Bonchev–Trinajstić information content (AvgIpc) is 3.37. The number of nitrogens with zero attached hydrogens (tertiary/aromatic N) is 2. The number of rotatable bonds is 7. The zero-order chi connectivity index (χ0) is 22.9. The minimum absolute atomic E-state index is 0.0228. The maximum atomic E-state index is 12.8. The average molecular weight is 478 g/mol. The first-order valence-corrected chi connectivity index (χ1v) is 12.3. The highest BCUT2D eigenvalue weighted by molar-refractivity contribution is 7.92. The molecule has 2 aliphatic heterocycles. The van der Waals surface area contributed by atoms with Gasteiger partial charge in [-0.3, -0.25) is 13.9 Å². The third kappa shape index (κ3) is 4.40. The normalized spacial score (nSPS) is 18.1. The van der Waals surface area contributed by atoms with Crippen molar-refractivity contribution in [1.82, 2.24) is 5.32 Å². The Hall–Kier alpha value is -2.78. The van der Waals surface area contributed by atoms with Gasteiger partial charge in [0.2, 0.25) is 21.8 Å². The van der Waals surface area contributed by atoms with Gasteiger partial charge in [0.05, 0.1) is 30.2 Å². The first-order valence-electron chi connectivity index (χ1n) is 10.3. The second-order valence-electron chi connectivity index (χ2n) is 7.78. The van der Waals surface area contributed by atoms with E-state index in [0.29, 0.717) is 35.1 Å². The number of ether oxygens (including phenoxy) is 1. The maximum absolute atomic E-state index is 12.8. The van der Waals surface area contributed by atoms with Gasteiger partial charge in [-0.15, -0.1) is 0 Å². The number of hydrogen-bond donors (Lipinski definition) is 1. The number of anilines is 2. The Morgan fingerprint density at radius 1 is 1.22 bits per heavy atom. The lowest BCUT2D eigenvalue weighted by molar-refractivity contribution is -0.126. The molecule has 2 aliphatic rings. The van der Waals surface area contributed by atoms with Crippen LogP contribution in [0.2, 0.25) is 5.02 Å². The summed E-state index contributed by atoms with van der Waals surface area (Å²) < 4.78 is 32.3. The van der Waals surface area contributed by atoms with Crippen molar-refractivity contribution in [2.75, 3.05) is 41.7 Å². The Labute approximate surface area is 192 Å². The van der Waals surface area contributed by atoms with Gasteiger partial charge in [-0.2, -0.15) is 0 Å². The smallest absolute Gasteiger partial charge is 0.236 e. The van der Waals surface area contributed by atoms with Gasteiger partial charge in [0.15, 0.2) is 0 Å². The molecule has 4 rings (SSSR count). The van der Waals surface area contributed by atoms with Crippen molar-refractivity contribution in [3.63, 3.8) is 0 Å². The summed E-state index contributed by atoms with van der Waals surface area (Å²) in [5.74, 6) is -0.868. The predicted octanol–water partition coefficient (Wildman–Crippen LogP) is 2.21. The lowest BCUT2D eigenvalue weighted by Crippen LogP contribution is -2.39. The molecule has 1 N–H and O–H groups in total. The summed E-state index contributed by atoms with van der Waals surface area (Å²) in [5.41, 5.74) is 2.21. The van der Waals surface area contributed by atoms with E-state index in [-0.39, 0.29) is 37.1 Å². The van der Waals surface area contributed by atoms with Gasteiger partial charge in [-0.25, -0.2) is 8.42 Å². The van der Waals surface area contributed by atoms with Crippen molar-refractivity contribution < 1.29 is 22.7 Å². The highest BCUT2D eigenvalue weighted by atomic mass is 35.5. The van der Waals surface area contributed by atoms with Crippen molar-refractivity contribution in [3.8, 4) is 5.75 Å². The minimum atomic E-state index is -3.56. The molecule has 1 unspecified atom stereocenters. The highest BCUT2D eigenvalue weighted by Crippen LogP contribution is 2.35. The van der Waals surface area contributed by atoms with E-state index in [2.05, 4.69) is 5.32 Å². The van der Waals surface area contributed by atoms with Gasteiger partial charge in [-0.1, -0.05) is 29.8 Å². The molecule has 0 saturated carbocycles. The second-order valence-corrected chi connectivity index (χ2v) is 10.2. The number of carbonyl (C=O) groups is 2. The van der Waals surface area contributed by atoms with Crippen molar-refractivity contribution >= 4 is 44.8 Å². The van der Waals surface area contributed by atoms with Crippen LogP contribution in [0, 0.1) is 5.92 Å². The number of amides is 2. The van der Waals surface area contributed by atoms with Gasteiger partial charge in [0.25, 0.3) is 0 Å². The molecule has 2 heterocycles. The Bertz CT molecular complexity index is 1150. The summed E-state index contributed by atoms with van der Waals surface area (Å²) in [7, 11) is -2.06. The van der Waals surface area contributed by atoms with Crippen molar-refractivity contribution in [3.05, 3.63) is 53.1 Å². The van der Waals surface area contributed by atoms with Crippen LogP contribution in [-0.4, -0.2) is 52.7 Å². The van der Waals surface area contributed by atoms with E-state index in [4.69, 9.17) is 16.3 Å². The van der Waals surface area contributed by atoms with Gasteiger partial charge >= 0.3 is 0 Å². The predicted molar refractivity (Wildman–Crippen MR) is 123 cm³/mol. The number of carbonyl (C=O) groups excluding carboxylic acids is 2. The van der Waals surface area contributed by atoms with Crippen LogP contribution in [0.5, 0.6) is 5.75 Å². The zero-order valence-electron chi connectivity index (χ0n) is 17.6. The number of benzene rings is 2. The topological polar surface area (TPSA) is 96.0 Å². The molecule has 1 atom stereocenters. The van der Waals surface area contributed by atoms with Gasteiger partial charge in [0.1, 0.15) is 5.75 Å². The number of sulfonamides is 1. The van der Waals surface area contributed by atoms with Gasteiger partial charge in [0, 0.05) is 31.1 Å². The van der Waals surface area contributed by atoms with Crippen LogP contribution in [0.15, 0.2) is 42.5 Å². The molecule has 2 amide bonds. The van der Waals surface area contributed by atoms with Crippen molar-refractivity contribution in [2.24, 2.45) is 5.92 Å². The fourth-order valence-electron chi connectivity index (χ4n) is 4.14. The summed E-state index contributed by atoms with van der Waals surface area (Å²) in [6.07, 6.45) is 0.711. The Morgan fingerprint density at radius 2 is 2.00 bits per heavy atom. The molecule has 10 heteroatoms. The Balaban J connectivity index is 1.35. The molecular formula is C22H24ClN3O5S. The summed E-state index contributed by atoms with van der Waals surface area (Å²) in [4.78, 5) is 26.7. The maximum Gasteiger partial charge on any atom is 0.236 e. The molecule has 0 aliphatic carbocycles. The molecule has 0 spiro atoms. The molecule has 32 heavy (non-hydrogen) atoms. The summed E-state index contributed by atoms with van der Waals surface area (Å²) in [6.45, 7) is 0.557. The number of halogens is 1. The van der Waals surface area contributed by atoms with Gasteiger partial charge in [-0.05, 0) is 36.2 Å². The van der Waals surface area contributed by atoms with E-state index in [1.807, 2.05) is 18.2 Å². The van der Waals surface area contributed by atoms with E-state index in [0.717, 1.165) is 5.56 Å². The fraction of sp³-hybridized carbons (Fsp3) is 0.364. The molecule has 0 radical (unpaired) electrons. The molecule has 2 aromatic carbocycles. The number of methoxy groups -OCH3 is 1. The fourth-order valence-corrected chi connectivity index (χ4v) is 5.74. The summed E-state index contributed by atoms with van der Waals surface area (Å²) >= 11 is 6.06. The van der Waals surface area contributed by atoms with E-state index in [1.165, 1.54) is 16.3 Å². The second kappa shape index (κ2) is 8.99. The molecule has 0 aromatic heterocycles. The number of fused-ring (bicyclic) bond motifs is 1. The van der Waals surface area contributed by atoms with E-state index in [1.54, 1.807) is 24.3 Å². The largest absolute Gasteiger partial charge is 0.495 e. The zero-order valence-corrected chi connectivity index (χ0v) is 19.2. The van der Waals surface area contributed by atoms with Crippen molar-refractivity contribution in [1.29, 1.82) is 0 Å². The van der Waals surface area contributed by atoms with E-state index in [9.17, 15) is 18.0 Å². The van der Waals surface area contributed by atoms with Crippen LogP contribution in [-0.2, 0) is 26.0 Å². The standard InChI is InChI=1S/C22H24ClN3O5S/c1-31-20-7-6-17(23)13-19(20)25-14-16(12-21(25)27)22(28)24-9-11-32(29,30)26-10-8-15-4-2-3-5-18(15)26/h2-7,13,16H,8-12,14H2,1H3,(H,24,28). The number of para-hydroxylation sites is 1. The third-order valence-electron chi connectivity index (χ3n) is 5.77. The van der Waals surface area contributed by atoms with Crippen LogP contribution in [0.4, 0.5) is 11.4 Å². The Morgan fingerprint density at radius 3 is 2.78 bits per heavy atom. The lowest BCUT2D eigenvalue weighted by Gasteiger charge is -2.20. The minimum Gasteiger partial charge on any atom is -0.495 e. The van der Waals surface area contributed by atoms with Crippen LogP contribution in [0.3, 0.4) is 0 Å². The first-order chi connectivity index (χ1) is 15.3. The van der Waals surface area contributed by atoms with E-state index < -0.39 is 15.9 Å². The quantitative estimate of drug-likeness (QED) is 0.659. The summed E-state index contributed by atoms with van der Waals surface area (Å²) in [5, 5.41) is 3.13. The van der Waals surface area contributed by atoms with E-state index >= 15 is 0 Å². The van der Waals surface area contributed by atoms with Crippen molar-refractivity contribution in [2.45, 2.75) is 12.8 Å². The molecular weight excluding hydrogens is 454 g/mol. The lowest BCUT2D eigenvalue weighted by atomic mass is 10.1. The molecule has 0 bridgehead atoms. The molecule has 1 fully saturated rings. The summed E-state index contributed by atoms with van der Waals surface area (Å²) in [6, 6.07) is 12.4.